The minimum Gasteiger partial charge on any atom is -0.466 e. The fourth-order valence-electron chi connectivity index (χ4n) is 2.66. The Balaban J connectivity index is 2.15. The molecule has 0 aliphatic rings. The third-order valence-electron chi connectivity index (χ3n) is 3.81. The highest BCUT2D eigenvalue weighted by Crippen LogP contribution is 2.26. The molecule has 0 saturated carbocycles. The molecule has 0 N–H and O–H groups in total. The van der Waals surface area contributed by atoms with Crippen LogP contribution >= 0.6 is 0 Å². The summed E-state index contributed by atoms with van der Waals surface area (Å²) in [6.45, 7) is 6.28. The van der Waals surface area contributed by atoms with Gasteiger partial charge in [0, 0.05) is 11.8 Å². The first-order valence-corrected chi connectivity index (χ1v) is 7.78. The summed E-state index contributed by atoms with van der Waals surface area (Å²) >= 11 is 0. The van der Waals surface area contributed by atoms with Crippen molar-refractivity contribution in [2.75, 3.05) is 6.61 Å². The Kier molecular flexibility index (Phi) is 4.15. The average molecular weight is 308 g/mol. The van der Waals surface area contributed by atoms with Gasteiger partial charge in [0.2, 0.25) is 0 Å². The van der Waals surface area contributed by atoms with Crippen LogP contribution in [0, 0.1) is 13.8 Å². The Morgan fingerprint density at radius 1 is 1.09 bits per heavy atom. The van der Waals surface area contributed by atoms with Crippen molar-refractivity contribution in [2.24, 2.45) is 0 Å². The van der Waals surface area contributed by atoms with Gasteiger partial charge in [-0.2, -0.15) is 0 Å². The molecular formula is C19H20N2O2. The maximum absolute atomic E-state index is 12.0. The van der Waals surface area contributed by atoms with Gasteiger partial charge in [-0.3, -0.25) is 4.79 Å². The number of imidazole rings is 1. The fourth-order valence-corrected chi connectivity index (χ4v) is 2.66. The fraction of sp³-hybridized carbons (Fsp3) is 0.263. The molecule has 2 heterocycles. The minimum atomic E-state index is -0.232. The Hall–Kier alpha value is -2.62. The van der Waals surface area contributed by atoms with E-state index >= 15 is 0 Å². The van der Waals surface area contributed by atoms with Gasteiger partial charge >= 0.3 is 5.97 Å². The first-order valence-electron chi connectivity index (χ1n) is 7.78. The molecule has 23 heavy (non-hydrogen) atoms. The summed E-state index contributed by atoms with van der Waals surface area (Å²) in [7, 11) is 0. The van der Waals surface area contributed by atoms with Crippen LogP contribution in [0.5, 0.6) is 0 Å². The summed E-state index contributed by atoms with van der Waals surface area (Å²) in [5.41, 5.74) is 5.87. The summed E-state index contributed by atoms with van der Waals surface area (Å²) in [6.07, 6.45) is 2.22. The van der Waals surface area contributed by atoms with E-state index in [9.17, 15) is 4.79 Å². The van der Waals surface area contributed by atoms with Gasteiger partial charge in [0.1, 0.15) is 5.65 Å². The summed E-state index contributed by atoms with van der Waals surface area (Å²) in [4.78, 5) is 16.7. The molecule has 0 saturated heterocycles. The molecular weight excluding hydrogens is 288 g/mol. The molecule has 0 aliphatic carbocycles. The lowest BCUT2D eigenvalue weighted by atomic mass is 10.1. The molecule has 0 aliphatic heterocycles. The first-order chi connectivity index (χ1) is 11.1. The van der Waals surface area contributed by atoms with Crippen molar-refractivity contribution in [3.8, 4) is 11.3 Å². The molecule has 3 rings (SSSR count). The summed E-state index contributed by atoms with van der Waals surface area (Å²) in [6, 6.07) is 12.2. The molecule has 0 spiro atoms. The standard InChI is InChI=1S/C19H20N2O2/c1-4-23-18(22)11-16-19(15-8-5-13(2)6-9-15)20-17-10-7-14(3)12-21(16)17/h5-10,12H,4,11H2,1-3H3. The summed E-state index contributed by atoms with van der Waals surface area (Å²) in [5.74, 6) is -0.232. The van der Waals surface area contributed by atoms with Crippen molar-refractivity contribution in [1.82, 2.24) is 9.38 Å². The third kappa shape index (κ3) is 3.11. The van der Waals surface area contributed by atoms with Crippen LogP contribution in [0.1, 0.15) is 23.7 Å². The molecule has 118 valence electrons. The van der Waals surface area contributed by atoms with Gasteiger partial charge < -0.3 is 9.14 Å². The minimum absolute atomic E-state index is 0.210. The largest absolute Gasteiger partial charge is 0.466 e. The van der Waals surface area contributed by atoms with E-state index in [0.29, 0.717) is 6.61 Å². The molecule has 0 amide bonds. The van der Waals surface area contributed by atoms with Crippen molar-refractivity contribution in [3.63, 3.8) is 0 Å². The Morgan fingerprint density at radius 2 is 1.78 bits per heavy atom. The monoisotopic (exact) mass is 308 g/mol. The number of aromatic nitrogens is 2. The van der Waals surface area contributed by atoms with Crippen LogP contribution in [0.3, 0.4) is 0 Å². The zero-order chi connectivity index (χ0) is 16.4. The van der Waals surface area contributed by atoms with E-state index < -0.39 is 0 Å². The van der Waals surface area contributed by atoms with Crippen LogP contribution in [0.2, 0.25) is 0 Å². The molecule has 0 fully saturated rings. The van der Waals surface area contributed by atoms with Gasteiger partial charge in [-0.15, -0.1) is 0 Å². The Bertz CT molecular complexity index is 848. The highest BCUT2D eigenvalue weighted by atomic mass is 16.5. The van der Waals surface area contributed by atoms with Crippen molar-refractivity contribution in [2.45, 2.75) is 27.2 Å². The lowest BCUT2D eigenvalue weighted by Crippen LogP contribution is -2.10. The van der Waals surface area contributed by atoms with Crippen LogP contribution in [-0.4, -0.2) is 22.0 Å². The number of carbonyl (C=O) groups excluding carboxylic acids is 1. The van der Waals surface area contributed by atoms with E-state index in [2.05, 4.69) is 19.1 Å². The SMILES string of the molecule is CCOC(=O)Cc1c(-c2ccc(C)cc2)nc2ccc(C)cn12. The number of hydrogen-bond acceptors (Lipinski definition) is 3. The number of carbonyl (C=O) groups is 1. The van der Waals surface area contributed by atoms with Crippen molar-refractivity contribution >= 4 is 11.6 Å². The zero-order valence-electron chi connectivity index (χ0n) is 13.7. The Labute approximate surface area is 135 Å². The average Bonchev–Trinajstić information content (AvgIpc) is 2.86. The number of aryl methyl sites for hydroxylation is 2. The lowest BCUT2D eigenvalue weighted by molar-refractivity contribution is -0.142. The molecule has 0 atom stereocenters. The topological polar surface area (TPSA) is 43.6 Å². The van der Waals surface area contributed by atoms with Crippen LogP contribution in [0.25, 0.3) is 16.9 Å². The second-order valence-electron chi connectivity index (χ2n) is 5.69. The Morgan fingerprint density at radius 3 is 2.48 bits per heavy atom. The van der Waals surface area contributed by atoms with Crippen LogP contribution < -0.4 is 0 Å². The van der Waals surface area contributed by atoms with Gasteiger partial charge in [0.15, 0.2) is 0 Å². The van der Waals surface area contributed by atoms with Crippen LogP contribution in [0.15, 0.2) is 42.6 Å². The van der Waals surface area contributed by atoms with Gasteiger partial charge in [0.05, 0.1) is 24.4 Å². The van der Waals surface area contributed by atoms with Crippen molar-refractivity contribution < 1.29 is 9.53 Å². The zero-order valence-corrected chi connectivity index (χ0v) is 13.7. The number of hydrogen-bond donors (Lipinski definition) is 0. The van der Waals surface area contributed by atoms with E-state index in [1.54, 1.807) is 0 Å². The first kappa shape index (κ1) is 15.3. The maximum atomic E-state index is 12.0. The number of pyridine rings is 1. The smallest absolute Gasteiger partial charge is 0.311 e. The number of fused-ring (bicyclic) bond motifs is 1. The molecule has 3 aromatic rings. The van der Waals surface area contributed by atoms with Crippen molar-refractivity contribution in [1.29, 1.82) is 0 Å². The lowest BCUT2D eigenvalue weighted by Gasteiger charge is -2.06. The molecule has 0 unspecified atom stereocenters. The number of nitrogens with zero attached hydrogens (tertiary/aromatic N) is 2. The van der Waals surface area contributed by atoms with E-state index in [1.807, 2.05) is 48.7 Å². The predicted molar refractivity (Wildman–Crippen MR) is 90.4 cm³/mol. The van der Waals surface area contributed by atoms with Crippen LogP contribution in [0.4, 0.5) is 0 Å². The van der Waals surface area contributed by atoms with E-state index in [1.165, 1.54) is 5.56 Å². The quantitative estimate of drug-likeness (QED) is 0.690. The van der Waals surface area contributed by atoms with Gasteiger partial charge in [-0.05, 0) is 32.4 Å². The van der Waals surface area contributed by atoms with Gasteiger partial charge in [0.25, 0.3) is 0 Å². The van der Waals surface area contributed by atoms with E-state index in [-0.39, 0.29) is 12.4 Å². The number of benzene rings is 1. The normalized spacial score (nSPS) is 10.9. The second-order valence-corrected chi connectivity index (χ2v) is 5.69. The summed E-state index contributed by atoms with van der Waals surface area (Å²) in [5, 5.41) is 0. The predicted octanol–water partition coefficient (Wildman–Crippen LogP) is 3.72. The highest BCUT2D eigenvalue weighted by Gasteiger charge is 2.17. The van der Waals surface area contributed by atoms with Crippen molar-refractivity contribution in [3.05, 3.63) is 59.4 Å². The number of ether oxygens (including phenoxy) is 1. The molecule has 0 radical (unpaired) electrons. The van der Waals surface area contributed by atoms with Gasteiger partial charge in [-0.1, -0.05) is 35.9 Å². The maximum Gasteiger partial charge on any atom is 0.311 e. The second kappa shape index (κ2) is 6.24. The molecule has 4 heteroatoms. The highest BCUT2D eigenvalue weighted by molar-refractivity contribution is 5.77. The molecule has 4 nitrogen and oxygen atoms in total. The van der Waals surface area contributed by atoms with E-state index in [0.717, 1.165) is 28.2 Å². The summed E-state index contributed by atoms with van der Waals surface area (Å²) < 4.78 is 7.11. The third-order valence-corrected chi connectivity index (χ3v) is 3.81. The number of esters is 1. The van der Waals surface area contributed by atoms with Gasteiger partial charge in [-0.25, -0.2) is 4.98 Å². The van der Waals surface area contributed by atoms with E-state index in [4.69, 9.17) is 9.72 Å². The molecule has 0 bridgehead atoms. The molecule has 2 aromatic heterocycles. The molecule has 1 aromatic carbocycles. The van der Waals surface area contributed by atoms with Crippen LogP contribution in [-0.2, 0) is 16.0 Å². The number of rotatable bonds is 4.